The molecular formula is C11H10F3NO2S. The highest BCUT2D eigenvalue weighted by Crippen LogP contribution is 2.34. The van der Waals surface area contributed by atoms with Gasteiger partial charge in [0.2, 0.25) is 0 Å². The van der Waals surface area contributed by atoms with E-state index in [4.69, 9.17) is 0 Å². The van der Waals surface area contributed by atoms with Crippen molar-refractivity contribution < 1.29 is 22.8 Å². The Morgan fingerprint density at radius 2 is 1.89 bits per heavy atom. The second-order valence-corrected chi connectivity index (χ2v) is 5.01. The second-order valence-electron chi connectivity index (χ2n) is 3.94. The van der Waals surface area contributed by atoms with Gasteiger partial charge in [-0.25, -0.2) is 0 Å². The van der Waals surface area contributed by atoms with Crippen molar-refractivity contribution in [1.29, 1.82) is 0 Å². The normalized spacial score (nSPS) is 21.8. The van der Waals surface area contributed by atoms with E-state index in [1.807, 2.05) is 0 Å². The first-order valence-corrected chi connectivity index (χ1v) is 6.33. The van der Waals surface area contributed by atoms with Gasteiger partial charge >= 0.3 is 12.1 Å². The third-order valence-electron chi connectivity index (χ3n) is 2.81. The maximum Gasteiger partial charge on any atom is 0.412 e. The monoisotopic (exact) mass is 277 g/mol. The third kappa shape index (κ3) is 2.60. The Bertz CT molecular complexity index is 454. The summed E-state index contributed by atoms with van der Waals surface area (Å²) in [7, 11) is 0. The molecule has 2 rings (SSSR count). The molecule has 3 nitrogen and oxygen atoms in total. The molecule has 1 fully saturated rings. The highest BCUT2D eigenvalue weighted by atomic mass is 32.2. The van der Waals surface area contributed by atoms with Crippen LogP contribution >= 0.6 is 11.8 Å². The molecule has 98 valence electrons. The number of carbonyl (C=O) groups is 2. The minimum Gasteiger partial charge on any atom is -0.308 e. The lowest BCUT2D eigenvalue weighted by Crippen LogP contribution is -2.40. The van der Waals surface area contributed by atoms with E-state index in [2.05, 4.69) is 0 Å². The molecule has 0 bridgehead atoms. The van der Waals surface area contributed by atoms with E-state index >= 15 is 0 Å². The summed E-state index contributed by atoms with van der Waals surface area (Å²) in [5.41, 5.74) is -0.113. The van der Waals surface area contributed by atoms with Crippen LogP contribution in [0.15, 0.2) is 23.4 Å². The second kappa shape index (κ2) is 4.79. The Labute approximate surface area is 106 Å². The maximum absolute atomic E-state index is 12.4. The maximum atomic E-state index is 12.4. The van der Waals surface area contributed by atoms with Crippen molar-refractivity contribution in [3.8, 4) is 0 Å². The van der Waals surface area contributed by atoms with Gasteiger partial charge in [-0.2, -0.15) is 13.2 Å². The number of hydrogen-bond donors (Lipinski definition) is 0. The number of nitrogens with zero attached hydrogens (tertiary/aromatic N) is 1. The van der Waals surface area contributed by atoms with Gasteiger partial charge in [-0.15, -0.1) is 0 Å². The summed E-state index contributed by atoms with van der Waals surface area (Å²) in [5, 5.41) is -0.548. The van der Waals surface area contributed by atoms with Crippen molar-refractivity contribution in [2.75, 3.05) is 12.3 Å². The van der Waals surface area contributed by atoms with Crippen LogP contribution in [0.5, 0.6) is 0 Å². The van der Waals surface area contributed by atoms with E-state index in [-0.39, 0.29) is 12.8 Å². The summed E-state index contributed by atoms with van der Waals surface area (Å²) >= 11 is 0.946. The highest BCUT2D eigenvalue weighted by Gasteiger charge is 2.36. The Kier molecular flexibility index (Phi) is 3.52. The van der Waals surface area contributed by atoms with Crippen molar-refractivity contribution >= 4 is 22.8 Å². The molecule has 1 heterocycles. The van der Waals surface area contributed by atoms with Crippen LogP contribution in [-0.4, -0.2) is 34.4 Å². The molecule has 0 aromatic heterocycles. The molecule has 1 saturated heterocycles. The van der Waals surface area contributed by atoms with Crippen LogP contribution in [0.25, 0.3) is 0 Å². The molecule has 0 aromatic rings. The van der Waals surface area contributed by atoms with Crippen LogP contribution in [-0.2, 0) is 9.59 Å². The molecule has 0 N–H and O–H groups in total. The van der Waals surface area contributed by atoms with Crippen LogP contribution in [0.3, 0.4) is 0 Å². The number of hydrogen-bond acceptors (Lipinski definition) is 3. The predicted octanol–water partition coefficient (Wildman–Crippen LogP) is 2.25. The standard InChI is InChI=1S/C11H10F3NO2S/c12-11(13,14)7-1-3-8(4-2-7)15-5-6-18-10(17)9(15)16/h1,3H,2,4-6H2. The number of amides is 1. The average Bonchev–Trinajstić information content (AvgIpc) is 2.32. The van der Waals surface area contributed by atoms with Gasteiger partial charge in [0.15, 0.2) is 0 Å². The molecule has 1 aliphatic heterocycles. The predicted molar refractivity (Wildman–Crippen MR) is 60.6 cm³/mol. The van der Waals surface area contributed by atoms with E-state index in [9.17, 15) is 22.8 Å². The molecule has 7 heteroatoms. The zero-order valence-corrected chi connectivity index (χ0v) is 10.1. The molecule has 0 atom stereocenters. The molecule has 0 aromatic carbocycles. The van der Waals surface area contributed by atoms with Crippen LogP contribution in [0.1, 0.15) is 12.8 Å². The van der Waals surface area contributed by atoms with Gasteiger partial charge in [-0.1, -0.05) is 17.8 Å². The summed E-state index contributed by atoms with van der Waals surface area (Å²) in [4.78, 5) is 24.1. The summed E-state index contributed by atoms with van der Waals surface area (Å²) in [5.74, 6) is -0.154. The Hall–Kier alpha value is -1.24. The first-order valence-electron chi connectivity index (χ1n) is 5.35. The van der Waals surface area contributed by atoms with Crippen LogP contribution < -0.4 is 0 Å². The fraction of sp³-hybridized carbons (Fsp3) is 0.455. The van der Waals surface area contributed by atoms with Crippen LogP contribution in [0.4, 0.5) is 13.2 Å². The number of thioether (sulfide) groups is 1. The van der Waals surface area contributed by atoms with Crippen LogP contribution in [0.2, 0.25) is 0 Å². The molecule has 18 heavy (non-hydrogen) atoms. The van der Waals surface area contributed by atoms with Gasteiger partial charge in [-0.05, 0) is 18.9 Å². The lowest BCUT2D eigenvalue weighted by atomic mass is 10.0. The first kappa shape index (κ1) is 13.2. The fourth-order valence-electron chi connectivity index (χ4n) is 1.86. The molecule has 1 aliphatic carbocycles. The summed E-state index contributed by atoms with van der Waals surface area (Å²) in [6.07, 6.45) is -2.07. The molecule has 1 amide bonds. The van der Waals surface area contributed by atoms with Gasteiger partial charge in [0.25, 0.3) is 5.12 Å². The summed E-state index contributed by atoms with van der Waals surface area (Å²) in [6, 6.07) is 0. The lowest BCUT2D eigenvalue weighted by Gasteiger charge is -2.29. The van der Waals surface area contributed by atoms with E-state index in [1.165, 1.54) is 11.0 Å². The van der Waals surface area contributed by atoms with E-state index < -0.39 is 22.8 Å². The number of carbonyl (C=O) groups excluding carboxylic acids is 2. The minimum atomic E-state index is -4.32. The third-order valence-corrected chi connectivity index (χ3v) is 3.63. The smallest absolute Gasteiger partial charge is 0.308 e. The zero-order chi connectivity index (χ0) is 13.3. The van der Waals surface area contributed by atoms with Gasteiger partial charge in [0, 0.05) is 23.6 Å². The van der Waals surface area contributed by atoms with Gasteiger partial charge in [-0.3, -0.25) is 9.59 Å². The molecule has 0 spiro atoms. The topological polar surface area (TPSA) is 37.4 Å². The Morgan fingerprint density at radius 3 is 2.44 bits per heavy atom. The van der Waals surface area contributed by atoms with Gasteiger partial charge in [0.05, 0.1) is 0 Å². The van der Waals surface area contributed by atoms with Gasteiger partial charge in [0.1, 0.15) is 0 Å². The van der Waals surface area contributed by atoms with Crippen molar-refractivity contribution in [3.05, 3.63) is 23.4 Å². The number of rotatable bonds is 1. The zero-order valence-electron chi connectivity index (χ0n) is 9.29. The molecule has 0 radical (unpaired) electrons. The average molecular weight is 277 g/mol. The highest BCUT2D eigenvalue weighted by molar-refractivity contribution is 8.15. The molecule has 0 saturated carbocycles. The van der Waals surface area contributed by atoms with Crippen molar-refractivity contribution in [1.82, 2.24) is 4.90 Å². The number of alkyl halides is 3. The largest absolute Gasteiger partial charge is 0.412 e. The number of halogens is 3. The van der Waals surface area contributed by atoms with E-state index in [1.54, 1.807) is 0 Å². The van der Waals surface area contributed by atoms with Gasteiger partial charge < -0.3 is 4.90 Å². The first-order chi connectivity index (χ1) is 8.39. The quantitative estimate of drug-likeness (QED) is 0.690. The molecule has 2 aliphatic rings. The Balaban J connectivity index is 2.16. The van der Waals surface area contributed by atoms with Crippen molar-refractivity contribution in [3.63, 3.8) is 0 Å². The summed E-state index contributed by atoms with van der Waals surface area (Å²) in [6.45, 7) is 0.371. The fourth-order valence-corrected chi connectivity index (χ4v) is 2.56. The lowest BCUT2D eigenvalue weighted by molar-refractivity contribution is -0.139. The Morgan fingerprint density at radius 1 is 1.17 bits per heavy atom. The van der Waals surface area contributed by atoms with E-state index in [0.717, 1.165) is 17.8 Å². The molecule has 0 unspecified atom stereocenters. The SMILES string of the molecule is O=C1SCCN(C2=CC=C(C(F)(F)F)CC2)C1=O. The molecular weight excluding hydrogens is 267 g/mol. The van der Waals surface area contributed by atoms with Crippen molar-refractivity contribution in [2.45, 2.75) is 19.0 Å². The minimum absolute atomic E-state index is 0.134. The van der Waals surface area contributed by atoms with Crippen LogP contribution in [0, 0.1) is 0 Å². The number of allylic oxidation sites excluding steroid dienone is 4. The van der Waals surface area contributed by atoms with E-state index in [0.29, 0.717) is 18.0 Å². The van der Waals surface area contributed by atoms with Crippen molar-refractivity contribution in [2.24, 2.45) is 0 Å². The summed E-state index contributed by atoms with van der Waals surface area (Å²) < 4.78 is 37.2.